The molecule has 7 nitrogen and oxygen atoms in total. The Morgan fingerprint density at radius 1 is 0.700 bits per heavy atom. The van der Waals surface area contributed by atoms with E-state index in [1.165, 1.54) is 50.8 Å². The van der Waals surface area contributed by atoms with E-state index in [0.717, 1.165) is 74.9 Å². The van der Waals surface area contributed by atoms with E-state index in [-0.39, 0.29) is 0 Å². The SMILES string of the molecule is O=C(Oc1ccc2ncccc2c1)c1ccc2c(c1)nc(-c1ccc3nc(-c4cccc(CN5CCCC5)c4)ccc3c1)n2C1CCCCC1. The fraction of sp³-hybridized carbons (Fsp3) is 0.256. The molecule has 1 saturated heterocycles. The third-order valence-electron chi connectivity index (χ3n) is 10.4. The number of imidazole rings is 1. The van der Waals surface area contributed by atoms with Crippen LogP contribution in [0.15, 0.2) is 109 Å². The number of ether oxygens (including phenoxy) is 1. The summed E-state index contributed by atoms with van der Waals surface area (Å²) in [6.45, 7) is 3.37. The number of fused-ring (bicyclic) bond motifs is 3. The summed E-state index contributed by atoms with van der Waals surface area (Å²) in [5, 5.41) is 2.00. The van der Waals surface area contributed by atoms with Crippen LogP contribution < -0.4 is 4.74 Å². The van der Waals surface area contributed by atoms with Gasteiger partial charge in [-0.2, -0.15) is 0 Å². The van der Waals surface area contributed by atoms with E-state index < -0.39 is 5.97 Å². The van der Waals surface area contributed by atoms with Gasteiger partial charge in [0.15, 0.2) is 0 Å². The predicted octanol–water partition coefficient (Wildman–Crippen LogP) is 9.79. The predicted molar refractivity (Wildman–Crippen MR) is 199 cm³/mol. The Hall–Kier alpha value is -5.40. The van der Waals surface area contributed by atoms with Crippen molar-refractivity contribution in [2.45, 2.75) is 57.5 Å². The van der Waals surface area contributed by atoms with Crippen LogP contribution in [0.4, 0.5) is 0 Å². The molecular weight excluding hydrogens is 619 g/mol. The number of rotatable bonds is 7. The number of benzene rings is 4. The molecule has 248 valence electrons. The molecule has 0 amide bonds. The Kier molecular flexibility index (Phi) is 8.05. The molecule has 2 aliphatic rings. The second-order valence-corrected chi connectivity index (χ2v) is 13.8. The number of pyridine rings is 2. The summed E-state index contributed by atoms with van der Waals surface area (Å²) < 4.78 is 8.22. The van der Waals surface area contributed by atoms with Crippen LogP contribution in [0.25, 0.3) is 55.5 Å². The minimum absolute atomic E-state index is 0.358. The number of carbonyl (C=O) groups is 1. The molecule has 2 fully saturated rings. The molecule has 3 aromatic heterocycles. The van der Waals surface area contributed by atoms with Gasteiger partial charge in [0.1, 0.15) is 11.6 Å². The molecule has 1 saturated carbocycles. The average Bonchev–Trinajstić information content (AvgIpc) is 3.82. The van der Waals surface area contributed by atoms with Crippen molar-refractivity contribution in [1.29, 1.82) is 0 Å². The van der Waals surface area contributed by atoms with E-state index >= 15 is 0 Å². The second kappa shape index (κ2) is 13.1. The third kappa shape index (κ3) is 6.03. The van der Waals surface area contributed by atoms with Crippen molar-refractivity contribution in [3.63, 3.8) is 0 Å². The lowest BCUT2D eigenvalue weighted by Crippen LogP contribution is -2.18. The molecule has 1 aliphatic heterocycles. The zero-order valence-electron chi connectivity index (χ0n) is 28.1. The van der Waals surface area contributed by atoms with E-state index in [2.05, 4.69) is 69.0 Å². The lowest BCUT2D eigenvalue weighted by molar-refractivity contribution is 0.0735. The van der Waals surface area contributed by atoms with Crippen molar-refractivity contribution in [1.82, 2.24) is 24.4 Å². The lowest BCUT2D eigenvalue weighted by Gasteiger charge is -2.25. The van der Waals surface area contributed by atoms with Gasteiger partial charge in [0.2, 0.25) is 0 Å². The van der Waals surface area contributed by atoms with Gasteiger partial charge in [-0.25, -0.2) is 14.8 Å². The number of esters is 1. The quantitative estimate of drug-likeness (QED) is 0.126. The fourth-order valence-electron chi connectivity index (χ4n) is 7.87. The zero-order chi connectivity index (χ0) is 33.4. The molecule has 7 heteroatoms. The van der Waals surface area contributed by atoms with Crippen LogP contribution in [0.2, 0.25) is 0 Å². The molecule has 4 aromatic carbocycles. The van der Waals surface area contributed by atoms with E-state index in [0.29, 0.717) is 17.4 Å². The van der Waals surface area contributed by atoms with Gasteiger partial charge in [-0.1, -0.05) is 49.6 Å². The number of hydrogen-bond donors (Lipinski definition) is 0. The molecule has 0 radical (unpaired) electrons. The molecular formula is C43H39N5O2. The van der Waals surface area contributed by atoms with Crippen LogP contribution in [-0.4, -0.2) is 43.5 Å². The number of nitrogens with zero attached hydrogens (tertiary/aromatic N) is 5. The highest BCUT2D eigenvalue weighted by molar-refractivity contribution is 5.96. The molecule has 7 aromatic rings. The summed E-state index contributed by atoms with van der Waals surface area (Å²) >= 11 is 0. The van der Waals surface area contributed by atoms with Crippen molar-refractivity contribution >= 4 is 38.8 Å². The smallest absolute Gasteiger partial charge is 0.343 e. The molecule has 50 heavy (non-hydrogen) atoms. The molecule has 0 N–H and O–H groups in total. The maximum atomic E-state index is 13.3. The molecule has 0 unspecified atom stereocenters. The maximum Gasteiger partial charge on any atom is 0.343 e. The van der Waals surface area contributed by atoms with Gasteiger partial charge in [0.25, 0.3) is 0 Å². The summed E-state index contributed by atoms with van der Waals surface area (Å²) in [5.41, 5.74) is 8.67. The topological polar surface area (TPSA) is 73.1 Å². The number of hydrogen-bond acceptors (Lipinski definition) is 6. The van der Waals surface area contributed by atoms with Crippen LogP contribution in [0, 0.1) is 0 Å². The maximum absolute atomic E-state index is 13.3. The summed E-state index contributed by atoms with van der Waals surface area (Å²) in [7, 11) is 0. The standard InChI is InChI=1S/C43H39N5O2/c49-43(50-36-16-19-37-31(26-36)10-7-21-44-37)34-15-20-41-40(27-34)46-42(48(41)35-11-2-1-3-12-35)33-14-18-39-32(25-33)13-17-38(45-39)30-9-6-8-29(24-30)28-47-22-4-5-23-47/h6-10,13-21,24-27,35H,1-5,11-12,22-23,28H2. The molecule has 0 bridgehead atoms. The fourth-order valence-corrected chi connectivity index (χ4v) is 7.87. The van der Waals surface area contributed by atoms with Gasteiger partial charge in [-0.05, 0) is 117 Å². The van der Waals surface area contributed by atoms with E-state index in [1.54, 1.807) is 12.3 Å². The van der Waals surface area contributed by atoms with E-state index in [4.69, 9.17) is 14.7 Å². The number of aromatic nitrogens is 4. The number of carbonyl (C=O) groups excluding carboxylic acids is 1. The highest BCUT2D eigenvalue weighted by Gasteiger charge is 2.24. The van der Waals surface area contributed by atoms with Gasteiger partial charge in [0.05, 0.1) is 33.3 Å². The Bertz CT molecular complexity index is 2370. The Labute approximate surface area is 291 Å². The van der Waals surface area contributed by atoms with Crippen LogP contribution in [0.3, 0.4) is 0 Å². The molecule has 0 atom stereocenters. The number of likely N-dealkylation sites (tertiary alicyclic amines) is 1. The van der Waals surface area contributed by atoms with Gasteiger partial charge in [-0.15, -0.1) is 0 Å². The minimum Gasteiger partial charge on any atom is -0.423 e. The van der Waals surface area contributed by atoms with Gasteiger partial charge < -0.3 is 9.30 Å². The van der Waals surface area contributed by atoms with Crippen molar-refractivity contribution in [3.8, 4) is 28.4 Å². The van der Waals surface area contributed by atoms with E-state index in [1.807, 2.05) is 42.5 Å². The van der Waals surface area contributed by atoms with Crippen molar-refractivity contribution < 1.29 is 9.53 Å². The first-order valence-corrected chi connectivity index (χ1v) is 18.0. The summed E-state index contributed by atoms with van der Waals surface area (Å²) in [4.78, 5) is 30.5. The summed E-state index contributed by atoms with van der Waals surface area (Å²) in [6, 6.07) is 35.1. The van der Waals surface area contributed by atoms with Crippen LogP contribution in [0.1, 0.15) is 66.9 Å². The van der Waals surface area contributed by atoms with Gasteiger partial charge in [-0.3, -0.25) is 9.88 Å². The Balaban J connectivity index is 1.04. The Morgan fingerprint density at radius 2 is 1.56 bits per heavy atom. The van der Waals surface area contributed by atoms with Gasteiger partial charge in [0, 0.05) is 40.7 Å². The molecule has 9 rings (SSSR count). The average molecular weight is 658 g/mol. The Morgan fingerprint density at radius 3 is 2.46 bits per heavy atom. The summed E-state index contributed by atoms with van der Waals surface area (Å²) in [6.07, 6.45) is 10.3. The zero-order valence-corrected chi connectivity index (χ0v) is 28.1. The highest BCUT2D eigenvalue weighted by Crippen LogP contribution is 2.37. The first-order valence-electron chi connectivity index (χ1n) is 18.0. The van der Waals surface area contributed by atoms with Crippen molar-refractivity contribution in [2.75, 3.05) is 13.1 Å². The first-order chi connectivity index (χ1) is 24.6. The van der Waals surface area contributed by atoms with Crippen molar-refractivity contribution in [2.24, 2.45) is 0 Å². The van der Waals surface area contributed by atoms with Crippen LogP contribution in [-0.2, 0) is 6.54 Å². The van der Waals surface area contributed by atoms with Gasteiger partial charge >= 0.3 is 5.97 Å². The minimum atomic E-state index is -0.405. The highest BCUT2D eigenvalue weighted by atomic mass is 16.5. The van der Waals surface area contributed by atoms with E-state index in [9.17, 15) is 4.79 Å². The lowest BCUT2D eigenvalue weighted by atomic mass is 9.94. The monoisotopic (exact) mass is 657 g/mol. The van der Waals surface area contributed by atoms with Crippen LogP contribution >= 0.6 is 0 Å². The molecule has 0 spiro atoms. The largest absolute Gasteiger partial charge is 0.423 e. The first kappa shape index (κ1) is 30.6. The molecule has 4 heterocycles. The van der Waals surface area contributed by atoms with Crippen LogP contribution in [0.5, 0.6) is 5.75 Å². The third-order valence-corrected chi connectivity index (χ3v) is 10.4. The normalized spacial score (nSPS) is 15.7. The summed E-state index contributed by atoms with van der Waals surface area (Å²) in [5.74, 6) is 1.02. The second-order valence-electron chi connectivity index (χ2n) is 13.8. The van der Waals surface area contributed by atoms with Crippen molar-refractivity contribution in [3.05, 3.63) is 120 Å². The molecule has 1 aliphatic carbocycles.